The number of anilines is 1. The summed E-state index contributed by atoms with van der Waals surface area (Å²) in [5.41, 5.74) is 4.01. The number of hydrogen-bond donors (Lipinski definition) is 1. The maximum Gasteiger partial charge on any atom is 0.230 e. The molecular formula is C22H15N3O2S. The van der Waals surface area contributed by atoms with Gasteiger partial charge in [0.1, 0.15) is 10.7 Å². The Morgan fingerprint density at radius 1 is 1.00 bits per heavy atom. The lowest BCUT2D eigenvalue weighted by atomic mass is 10.1. The van der Waals surface area contributed by atoms with Crippen molar-refractivity contribution in [3.8, 4) is 10.6 Å². The van der Waals surface area contributed by atoms with Crippen LogP contribution in [0.3, 0.4) is 0 Å². The zero-order valence-electron chi connectivity index (χ0n) is 14.8. The van der Waals surface area contributed by atoms with Crippen LogP contribution in [0.5, 0.6) is 0 Å². The first-order chi connectivity index (χ1) is 13.8. The normalized spacial score (nSPS) is 11.1. The van der Waals surface area contributed by atoms with E-state index in [1.165, 1.54) is 0 Å². The van der Waals surface area contributed by atoms with Gasteiger partial charge in [-0.2, -0.15) is 0 Å². The number of carbonyl (C=O) groups excluding carboxylic acids is 1. The molecule has 1 amide bonds. The van der Waals surface area contributed by atoms with E-state index in [1.807, 2.05) is 66.7 Å². The summed E-state index contributed by atoms with van der Waals surface area (Å²) in [6, 6.07) is 23.3. The number of amides is 1. The van der Waals surface area contributed by atoms with E-state index in [0.717, 1.165) is 31.9 Å². The molecule has 2 aromatic heterocycles. The molecule has 0 saturated heterocycles. The lowest BCUT2D eigenvalue weighted by Crippen LogP contribution is -2.14. The second-order valence-corrected chi connectivity index (χ2v) is 7.45. The van der Waals surface area contributed by atoms with Crippen LogP contribution in [0.2, 0.25) is 0 Å². The number of fused-ring (bicyclic) bond motifs is 2. The fraction of sp³-hybridized carbons (Fsp3) is 0.0455. The molecule has 0 saturated carbocycles. The van der Waals surface area contributed by atoms with Crippen LogP contribution < -0.4 is 5.32 Å². The van der Waals surface area contributed by atoms with Crippen molar-refractivity contribution in [1.29, 1.82) is 0 Å². The van der Waals surface area contributed by atoms with Crippen molar-refractivity contribution >= 4 is 44.1 Å². The third kappa shape index (κ3) is 3.14. The standard InChI is InChI=1S/C22H15N3O2S/c26-21(13-18-16-8-1-3-10-19(16)27-25-18)23-15-7-5-6-14(12-15)22-24-17-9-2-4-11-20(17)28-22/h1-12H,13H2,(H,23,26). The maximum absolute atomic E-state index is 12.5. The summed E-state index contributed by atoms with van der Waals surface area (Å²) in [4.78, 5) is 17.2. The zero-order chi connectivity index (χ0) is 18.9. The lowest BCUT2D eigenvalue weighted by molar-refractivity contribution is -0.115. The molecular weight excluding hydrogens is 370 g/mol. The van der Waals surface area contributed by atoms with Gasteiger partial charge < -0.3 is 9.84 Å². The summed E-state index contributed by atoms with van der Waals surface area (Å²) < 4.78 is 6.41. The molecule has 1 N–H and O–H groups in total. The van der Waals surface area contributed by atoms with Crippen LogP contribution in [0.15, 0.2) is 77.3 Å². The molecule has 136 valence electrons. The van der Waals surface area contributed by atoms with Crippen LogP contribution in [-0.2, 0) is 11.2 Å². The molecule has 2 heterocycles. The van der Waals surface area contributed by atoms with Gasteiger partial charge in [0.15, 0.2) is 5.58 Å². The van der Waals surface area contributed by atoms with Gasteiger partial charge in [0, 0.05) is 16.6 Å². The first-order valence-corrected chi connectivity index (χ1v) is 9.67. The molecule has 28 heavy (non-hydrogen) atoms. The van der Waals surface area contributed by atoms with Crippen molar-refractivity contribution in [2.24, 2.45) is 0 Å². The number of nitrogens with zero attached hydrogens (tertiary/aromatic N) is 2. The second kappa shape index (κ2) is 6.90. The highest BCUT2D eigenvalue weighted by Gasteiger charge is 2.13. The number of carbonyl (C=O) groups is 1. The molecule has 0 radical (unpaired) electrons. The fourth-order valence-electron chi connectivity index (χ4n) is 3.15. The quantitative estimate of drug-likeness (QED) is 0.457. The van der Waals surface area contributed by atoms with E-state index in [4.69, 9.17) is 4.52 Å². The van der Waals surface area contributed by atoms with Gasteiger partial charge in [0.05, 0.1) is 16.6 Å². The number of rotatable bonds is 4. The average molecular weight is 385 g/mol. The fourth-order valence-corrected chi connectivity index (χ4v) is 4.11. The number of aromatic nitrogens is 2. The highest BCUT2D eigenvalue weighted by Crippen LogP contribution is 2.31. The summed E-state index contributed by atoms with van der Waals surface area (Å²) in [6.45, 7) is 0. The van der Waals surface area contributed by atoms with Gasteiger partial charge in [0.2, 0.25) is 5.91 Å². The van der Waals surface area contributed by atoms with Gasteiger partial charge in [-0.25, -0.2) is 4.98 Å². The van der Waals surface area contributed by atoms with Crippen molar-refractivity contribution in [1.82, 2.24) is 10.1 Å². The largest absolute Gasteiger partial charge is 0.356 e. The summed E-state index contributed by atoms with van der Waals surface area (Å²) in [5.74, 6) is -0.138. The Bertz CT molecular complexity index is 1270. The topological polar surface area (TPSA) is 68.0 Å². The molecule has 0 aliphatic rings. The Balaban J connectivity index is 1.37. The number of nitrogens with one attached hydrogen (secondary N) is 1. The molecule has 0 bridgehead atoms. The van der Waals surface area contributed by atoms with Crippen molar-refractivity contribution in [3.05, 3.63) is 78.5 Å². The number of hydrogen-bond acceptors (Lipinski definition) is 5. The van der Waals surface area contributed by atoms with Crippen molar-refractivity contribution < 1.29 is 9.32 Å². The Hall–Kier alpha value is -3.51. The molecule has 5 aromatic rings. The second-order valence-electron chi connectivity index (χ2n) is 6.42. The van der Waals surface area contributed by atoms with Crippen LogP contribution in [0.1, 0.15) is 5.69 Å². The van der Waals surface area contributed by atoms with Gasteiger partial charge in [-0.05, 0) is 36.4 Å². The smallest absolute Gasteiger partial charge is 0.230 e. The molecule has 6 heteroatoms. The Morgan fingerprint density at radius 2 is 1.86 bits per heavy atom. The van der Waals surface area contributed by atoms with Crippen LogP contribution in [0, 0.1) is 0 Å². The van der Waals surface area contributed by atoms with Crippen molar-refractivity contribution in [2.75, 3.05) is 5.32 Å². The van der Waals surface area contributed by atoms with E-state index >= 15 is 0 Å². The van der Waals surface area contributed by atoms with E-state index in [1.54, 1.807) is 11.3 Å². The predicted molar refractivity (Wildman–Crippen MR) is 111 cm³/mol. The van der Waals surface area contributed by atoms with Crippen LogP contribution in [0.25, 0.3) is 31.8 Å². The third-order valence-electron chi connectivity index (χ3n) is 4.47. The van der Waals surface area contributed by atoms with E-state index in [-0.39, 0.29) is 12.3 Å². The maximum atomic E-state index is 12.5. The number of para-hydroxylation sites is 2. The molecule has 0 fully saturated rings. The Morgan fingerprint density at radius 3 is 2.79 bits per heavy atom. The highest BCUT2D eigenvalue weighted by molar-refractivity contribution is 7.21. The van der Waals surface area contributed by atoms with E-state index in [9.17, 15) is 4.79 Å². The molecule has 0 aliphatic carbocycles. The molecule has 0 unspecified atom stereocenters. The van der Waals surface area contributed by atoms with Gasteiger partial charge in [0.25, 0.3) is 0 Å². The van der Waals surface area contributed by atoms with E-state index < -0.39 is 0 Å². The molecule has 0 atom stereocenters. The Labute approximate surface area is 164 Å². The highest BCUT2D eigenvalue weighted by atomic mass is 32.1. The minimum atomic E-state index is -0.138. The first kappa shape index (κ1) is 16.6. The molecule has 3 aromatic carbocycles. The minimum Gasteiger partial charge on any atom is -0.356 e. The van der Waals surface area contributed by atoms with Gasteiger partial charge >= 0.3 is 0 Å². The van der Waals surface area contributed by atoms with Crippen LogP contribution >= 0.6 is 11.3 Å². The van der Waals surface area contributed by atoms with Crippen LogP contribution in [0.4, 0.5) is 5.69 Å². The third-order valence-corrected chi connectivity index (χ3v) is 5.55. The van der Waals surface area contributed by atoms with Gasteiger partial charge in [-0.3, -0.25) is 4.79 Å². The molecule has 5 rings (SSSR count). The van der Waals surface area contributed by atoms with E-state index in [2.05, 4.69) is 21.5 Å². The SMILES string of the molecule is O=C(Cc1noc2ccccc12)Nc1cccc(-c2nc3ccccc3s2)c1. The van der Waals surface area contributed by atoms with Crippen molar-refractivity contribution in [2.45, 2.75) is 6.42 Å². The summed E-state index contributed by atoms with van der Waals surface area (Å²) in [5, 5.41) is 8.76. The van der Waals surface area contributed by atoms with Crippen molar-refractivity contribution in [3.63, 3.8) is 0 Å². The number of benzene rings is 3. The predicted octanol–water partition coefficient (Wildman–Crippen LogP) is 5.29. The molecule has 0 aliphatic heterocycles. The Kier molecular flexibility index (Phi) is 4.10. The lowest BCUT2D eigenvalue weighted by Gasteiger charge is -2.05. The van der Waals surface area contributed by atoms with Gasteiger partial charge in [-0.15, -0.1) is 11.3 Å². The average Bonchev–Trinajstić information content (AvgIpc) is 3.33. The summed E-state index contributed by atoms with van der Waals surface area (Å²) >= 11 is 1.64. The minimum absolute atomic E-state index is 0.138. The van der Waals surface area contributed by atoms with Crippen LogP contribution in [-0.4, -0.2) is 16.0 Å². The molecule has 5 nitrogen and oxygen atoms in total. The molecule has 0 spiro atoms. The summed E-state index contributed by atoms with van der Waals surface area (Å²) in [7, 11) is 0. The zero-order valence-corrected chi connectivity index (χ0v) is 15.6. The van der Waals surface area contributed by atoms with E-state index in [0.29, 0.717) is 11.3 Å². The van der Waals surface area contributed by atoms with Gasteiger partial charge in [-0.1, -0.05) is 41.6 Å². The monoisotopic (exact) mass is 385 g/mol. The first-order valence-electron chi connectivity index (χ1n) is 8.85. The number of thiazole rings is 1. The summed E-state index contributed by atoms with van der Waals surface area (Å²) in [6.07, 6.45) is 0.155.